The highest BCUT2D eigenvalue weighted by Crippen LogP contribution is 2.27. The van der Waals surface area contributed by atoms with Crippen molar-refractivity contribution in [1.29, 1.82) is 0 Å². The molecule has 0 radical (unpaired) electrons. The van der Waals surface area contributed by atoms with Gasteiger partial charge in [0.15, 0.2) is 11.0 Å². The van der Waals surface area contributed by atoms with Gasteiger partial charge in [0.1, 0.15) is 5.82 Å². The summed E-state index contributed by atoms with van der Waals surface area (Å²) in [5.74, 6) is -2.36. The molecule has 1 heterocycles. The first-order valence-electron chi connectivity index (χ1n) is 8.63. The highest BCUT2D eigenvalue weighted by molar-refractivity contribution is 8.00. The lowest BCUT2D eigenvalue weighted by Gasteiger charge is -2.08. The first-order valence-corrected chi connectivity index (χ1v) is 10.5. The van der Waals surface area contributed by atoms with Crippen LogP contribution >= 0.6 is 23.5 Å². The number of carbonyl (C=O) groups is 1. The summed E-state index contributed by atoms with van der Waals surface area (Å²) in [4.78, 5) is 12.6. The summed E-state index contributed by atoms with van der Waals surface area (Å²) in [6.07, 6.45) is 0. The number of thioether (sulfide) groups is 2. The summed E-state index contributed by atoms with van der Waals surface area (Å²) in [6.45, 7) is 2.52. The minimum absolute atomic E-state index is 0.106. The molecule has 0 fully saturated rings. The van der Waals surface area contributed by atoms with Crippen molar-refractivity contribution in [3.05, 3.63) is 54.3 Å². The number of nitrogens with zero attached hydrogens (tertiary/aromatic N) is 3. The highest BCUT2D eigenvalue weighted by atomic mass is 32.2. The molecule has 0 aliphatic rings. The SMILES string of the molecule is CCn1c(SCC(=O)Nc2ccc(SC(F)F)cc2)nnc1-c1ccc(F)cc1. The average Bonchev–Trinajstić information content (AvgIpc) is 3.11. The number of halogens is 3. The Bertz CT molecular complexity index is 963. The lowest BCUT2D eigenvalue weighted by molar-refractivity contribution is -0.113. The van der Waals surface area contributed by atoms with Crippen molar-refractivity contribution >= 4 is 35.1 Å². The topological polar surface area (TPSA) is 59.8 Å². The molecule has 1 N–H and O–H groups in total. The predicted octanol–water partition coefficient (Wildman–Crippen LogP) is 5.15. The summed E-state index contributed by atoms with van der Waals surface area (Å²) < 4.78 is 39.7. The maximum atomic E-state index is 13.1. The van der Waals surface area contributed by atoms with Crippen LogP contribution in [0.1, 0.15) is 6.92 Å². The normalized spacial score (nSPS) is 11.1. The van der Waals surface area contributed by atoms with E-state index in [9.17, 15) is 18.0 Å². The number of carbonyl (C=O) groups excluding carboxylic acids is 1. The monoisotopic (exact) mass is 438 g/mol. The number of benzene rings is 2. The molecular formula is C19H17F3N4OS2. The quantitative estimate of drug-likeness (QED) is 0.493. The van der Waals surface area contributed by atoms with Gasteiger partial charge in [-0.3, -0.25) is 4.79 Å². The molecule has 3 aromatic rings. The number of anilines is 1. The Kier molecular flexibility index (Phi) is 7.21. The van der Waals surface area contributed by atoms with E-state index < -0.39 is 5.76 Å². The second kappa shape index (κ2) is 9.84. The number of amides is 1. The summed E-state index contributed by atoms with van der Waals surface area (Å²) in [6, 6.07) is 12.2. The van der Waals surface area contributed by atoms with Gasteiger partial charge in [0.2, 0.25) is 5.91 Å². The largest absolute Gasteiger partial charge is 0.325 e. The maximum Gasteiger partial charge on any atom is 0.288 e. The van der Waals surface area contributed by atoms with Crippen LogP contribution in [0.15, 0.2) is 58.6 Å². The van der Waals surface area contributed by atoms with Gasteiger partial charge in [0.05, 0.1) is 5.75 Å². The van der Waals surface area contributed by atoms with Crippen LogP contribution in [0, 0.1) is 5.82 Å². The molecule has 10 heteroatoms. The Labute approximate surface area is 174 Å². The van der Waals surface area contributed by atoms with Crippen molar-refractivity contribution in [2.45, 2.75) is 29.3 Å². The molecule has 0 unspecified atom stereocenters. The van der Waals surface area contributed by atoms with E-state index in [2.05, 4.69) is 15.5 Å². The molecule has 0 bridgehead atoms. The first kappa shape index (κ1) is 21.3. The van der Waals surface area contributed by atoms with Gasteiger partial charge in [-0.15, -0.1) is 10.2 Å². The summed E-state index contributed by atoms with van der Waals surface area (Å²) in [5.41, 5.74) is 1.26. The van der Waals surface area contributed by atoms with Crippen LogP contribution in [0.5, 0.6) is 0 Å². The molecule has 3 rings (SSSR count). The molecule has 0 saturated carbocycles. The van der Waals surface area contributed by atoms with Crippen LogP contribution in [-0.2, 0) is 11.3 Å². The van der Waals surface area contributed by atoms with Gasteiger partial charge in [-0.1, -0.05) is 23.5 Å². The van der Waals surface area contributed by atoms with Crippen LogP contribution in [0.3, 0.4) is 0 Å². The van der Waals surface area contributed by atoms with Crippen molar-refractivity contribution in [1.82, 2.24) is 14.8 Å². The van der Waals surface area contributed by atoms with Gasteiger partial charge in [0, 0.05) is 22.7 Å². The molecule has 1 aromatic heterocycles. The van der Waals surface area contributed by atoms with E-state index in [0.29, 0.717) is 39.9 Å². The fraction of sp³-hybridized carbons (Fsp3) is 0.211. The third-order valence-electron chi connectivity index (χ3n) is 3.83. The molecule has 1 amide bonds. The summed E-state index contributed by atoms with van der Waals surface area (Å²) >= 11 is 1.68. The molecule has 0 atom stereocenters. The van der Waals surface area contributed by atoms with Crippen molar-refractivity contribution in [2.75, 3.05) is 11.1 Å². The Balaban J connectivity index is 1.61. The van der Waals surface area contributed by atoms with Gasteiger partial charge in [-0.2, -0.15) is 8.78 Å². The van der Waals surface area contributed by atoms with E-state index in [1.807, 2.05) is 11.5 Å². The molecular weight excluding hydrogens is 421 g/mol. The second-order valence-corrected chi connectivity index (χ2v) is 7.80. The molecule has 0 aliphatic carbocycles. The number of rotatable bonds is 8. The van der Waals surface area contributed by atoms with E-state index in [1.165, 1.54) is 36.0 Å². The number of hydrogen-bond donors (Lipinski definition) is 1. The van der Waals surface area contributed by atoms with Gasteiger partial charge in [-0.05, 0) is 55.5 Å². The van der Waals surface area contributed by atoms with E-state index in [1.54, 1.807) is 24.3 Å². The van der Waals surface area contributed by atoms with E-state index >= 15 is 0 Å². The number of hydrogen-bond acceptors (Lipinski definition) is 5. The van der Waals surface area contributed by atoms with Gasteiger partial charge in [0.25, 0.3) is 5.76 Å². The predicted molar refractivity (Wildman–Crippen MR) is 109 cm³/mol. The molecule has 152 valence electrons. The van der Waals surface area contributed by atoms with Crippen molar-refractivity contribution in [3.8, 4) is 11.4 Å². The number of aromatic nitrogens is 3. The maximum absolute atomic E-state index is 13.1. The Morgan fingerprint density at radius 3 is 2.41 bits per heavy atom. The highest BCUT2D eigenvalue weighted by Gasteiger charge is 2.15. The number of nitrogens with one attached hydrogen (secondary N) is 1. The first-order chi connectivity index (χ1) is 14.0. The Morgan fingerprint density at radius 1 is 1.10 bits per heavy atom. The fourth-order valence-corrected chi connectivity index (χ4v) is 3.84. The van der Waals surface area contributed by atoms with E-state index in [4.69, 9.17) is 0 Å². The zero-order valence-corrected chi connectivity index (χ0v) is 16.9. The van der Waals surface area contributed by atoms with Crippen molar-refractivity contribution in [3.63, 3.8) is 0 Å². The molecule has 29 heavy (non-hydrogen) atoms. The van der Waals surface area contributed by atoms with Crippen LogP contribution in [0.25, 0.3) is 11.4 Å². The second-order valence-electron chi connectivity index (χ2n) is 5.80. The minimum Gasteiger partial charge on any atom is -0.325 e. The van der Waals surface area contributed by atoms with Gasteiger partial charge in [-0.25, -0.2) is 4.39 Å². The smallest absolute Gasteiger partial charge is 0.288 e. The van der Waals surface area contributed by atoms with E-state index in [-0.39, 0.29) is 17.5 Å². The zero-order chi connectivity index (χ0) is 20.8. The molecule has 0 aliphatic heterocycles. The lowest BCUT2D eigenvalue weighted by Crippen LogP contribution is -2.14. The van der Waals surface area contributed by atoms with Crippen molar-refractivity contribution in [2.24, 2.45) is 0 Å². The van der Waals surface area contributed by atoms with Gasteiger partial charge >= 0.3 is 0 Å². The van der Waals surface area contributed by atoms with Gasteiger partial charge < -0.3 is 9.88 Å². The summed E-state index contributed by atoms with van der Waals surface area (Å²) in [5, 5.41) is 11.6. The third-order valence-corrected chi connectivity index (χ3v) is 5.52. The molecule has 2 aromatic carbocycles. The van der Waals surface area contributed by atoms with E-state index in [0.717, 1.165) is 5.56 Å². The lowest BCUT2D eigenvalue weighted by atomic mass is 10.2. The average molecular weight is 439 g/mol. The molecule has 5 nitrogen and oxygen atoms in total. The molecule has 0 saturated heterocycles. The summed E-state index contributed by atoms with van der Waals surface area (Å²) in [7, 11) is 0. The Hall–Kier alpha value is -2.46. The van der Waals surface area contributed by atoms with Crippen LogP contribution in [0.2, 0.25) is 0 Å². The third kappa shape index (κ3) is 5.77. The van der Waals surface area contributed by atoms with Crippen LogP contribution < -0.4 is 5.32 Å². The standard InChI is InChI=1S/C19H17F3N4OS2/c1-2-26-17(12-3-5-13(20)6-4-12)24-25-19(26)28-11-16(27)23-14-7-9-15(10-8-14)29-18(21)22/h3-10,18H,2,11H2,1H3,(H,23,27). The van der Waals surface area contributed by atoms with Crippen LogP contribution in [0.4, 0.5) is 18.9 Å². The number of alkyl halides is 2. The van der Waals surface area contributed by atoms with Crippen molar-refractivity contribution < 1.29 is 18.0 Å². The fourth-order valence-electron chi connectivity index (χ4n) is 2.54. The minimum atomic E-state index is -2.48. The molecule has 0 spiro atoms. The van der Waals surface area contributed by atoms with Crippen LogP contribution in [-0.4, -0.2) is 32.2 Å². The zero-order valence-electron chi connectivity index (χ0n) is 15.3. The Morgan fingerprint density at radius 2 is 1.79 bits per heavy atom.